The number of phosphoric ester groups is 2. The minimum Gasteiger partial charge on any atom is -0.462 e. The Kier molecular flexibility index (Phi) is 46.9. The van der Waals surface area contributed by atoms with Crippen LogP contribution in [-0.2, 0) is 65.4 Å². The van der Waals surface area contributed by atoms with Crippen LogP contribution in [0.2, 0.25) is 0 Å². The molecule has 0 fully saturated rings. The Labute approximate surface area is 447 Å². The van der Waals surface area contributed by atoms with E-state index in [9.17, 15) is 43.2 Å². The number of hydrogen-bond donors (Lipinski definition) is 3. The van der Waals surface area contributed by atoms with E-state index in [1.54, 1.807) is 0 Å². The summed E-state index contributed by atoms with van der Waals surface area (Å²) in [6.45, 7) is 9.16. The fraction of sp³-hybridized carbons (Fsp3) is 0.927. The Morgan fingerprint density at radius 3 is 0.919 bits per heavy atom. The molecule has 438 valence electrons. The van der Waals surface area contributed by atoms with Gasteiger partial charge < -0.3 is 33.8 Å². The standard InChI is InChI=1S/C55H106O17P2/c1-7-9-11-23-31-37-52(57)65-43-50(71-54(59)39-33-24-12-10-8-2)45-69-73(61,62)67-41-49(56)42-68-74(63,64)70-46-51(44-66-53(58)38-32-27-22-21-26-30-36-48(5)6)72-55(60)40-34-28-20-18-16-14-13-15-17-19-25-29-35-47(3)4/h47-51,56H,7-46H2,1-6H3,(H,61,62)(H,63,64)/t49-,50+,51+/m0/s1. The van der Waals surface area contributed by atoms with Crippen molar-refractivity contribution < 1.29 is 80.2 Å². The van der Waals surface area contributed by atoms with Gasteiger partial charge in [0, 0.05) is 25.7 Å². The van der Waals surface area contributed by atoms with Gasteiger partial charge >= 0.3 is 39.5 Å². The van der Waals surface area contributed by atoms with Gasteiger partial charge in [0.1, 0.15) is 19.3 Å². The molecule has 0 heterocycles. The molecule has 0 saturated carbocycles. The van der Waals surface area contributed by atoms with Crippen molar-refractivity contribution in [2.45, 2.75) is 278 Å². The van der Waals surface area contributed by atoms with Crippen LogP contribution >= 0.6 is 15.6 Å². The molecule has 0 rings (SSSR count). The van der Waals surface area contributed by atoms with E-state index in [4.69, 9.17) is 37.0 Å². The zero-order valence-electron chi connectivity index (χ0n) is 47.1. The van der Waals surface area contributed by atoms with E-state index < -0.39 is 97.5 Å². The summed E-state index contributed by atoms with van der Waals surface area (Å²) in [4.78, 5) is 71.2. The van der Waals surface area contributed by atoms with Gasteiger partial charge in [0.25, 0.3) is 0 Å². The van der Waals surface area contributed by atoms with E-state index in [2.05, 4.69) is 41.5 Å². The van der Waals surface area contributed by atoms with Crippen molar-refractivity contribution in [3.8, 4) is 0 Å². The van der Waals surface area contributed by atoms with Crippen LogP contribution in [0, 0.1) is 11.8 Å². The van der Waals surface area contributed by atoms with Crippen LogP contribution in [-0.4, -0.2) is 96.7 Å². The molecule has 0 aliphatic rings. The molecule has 0 saturated heterocycles. The lowest BCUT2D eigenvalue weighted by Crippen LogP contribution is -2.30. The largest absolute Gasteiger partial charge is 0.472 e. The average Bonchev–Trinajstić information content (AvgIpc) is 3.35. The zero-order valence-corrected chi connectivity index (χ0v) is 48.9. The first kappa shape index (κ1) is 72.1. The fourth-order valence-electron chi connectivity index (χ4n) is 7.94. The Morgan fingerprint density at radius 1 is 0.365 bits per heavy atom. The quantitative estimate of drug-likeness (QED) is 0.0222. The number of ether oxygens (including phenoxy) is 4. The lowest BCUT2D eigenvalue weighted by molar-refractivity contribution is -0.161. The van der Waals surface area contributed by atoms with E-state index in [1.807, 2.05) is 0 Å². The summed E-state index contributed by atoms with van der Waals surface area (Å²) in [5.41, 5.74) is 0. The molecule has 74 heavy (non-hydrogen) atoms. The summed E-state index contributed by atoms with van der Waals surface area (Å²) in [6, 6.07) is 0. The number of esters is 4. The highest BCUT2D eigenvalue weighted by atomic mass is 31.2. The van der Waals surface area contributed by atoms with Gasteiger partial charge in [-0.05, 0) is 37.5 Å². The molecule has 5 atom stereocenters. The molecule has 3 N–H and O–H groups in total. The van der Waals surface area contributed by atoms with Crippen LogP contribution in [0.3, 0.4) is 0 Å². The predicted molar refractivity (Wildman–Crippen MR) is 289 cm³/mol. The van der Waals surface area contributed by atoms with E-state index in [1.165, 1.54) is 64.2 Å². The van der Waals surface area contributed by atoms with Crippen molar-refractivity contribution in [1.82, 2.24) is 0 Å². The van der Waals surface area contributed by atoms with Crippen molar-refractivity contribution in [2.24, 2.45) is 11.8 Å². The van der Waals surface area contributed by atoms with Gasteiger partial charge in [-0.15, -0.1) is 0 Å². The Balaban J connectivity index is 5.12. The summed E-state index contributed by atoms with van der Waals surface area (Å²) in [5.74, 6) is -0.715. The maximum absolute atomic E-state index is 12.9. The number of unbranched alkanes of at least 4 members (excludes halogenated alkanes) is 24. The second-order valence-electron chi connectivity index (χ2n) is 20.9. The SMILES string of the molecule is CCCCCCCC(=O)OC[C@H](COP(=O)(O)OC[C@H](O)COP(=O)(O)OC[C@@H](COC(=O)CCCCCCCCC(C)C)OC(=O)CCCCCCCCCCCCCCC(C)C)OC(=O)CCCCCCC. The highest BCUT2D eigenvalue weighted by molar-refractivity contribution is 7.47. The third-order valence-electron chi connectivity index (χ3n) is 12.5. The monoisotopic (exact) mass is 1100 g/mol. The van der Waals surface area contributed by atoms with Crippen molar-refractivity contribution in [1.29, 1.82) is 0 Å². The number of rotatable bonds is 54. The summed E-state index contributed by atoms with van der Waals surface area (Å²) in [6.07, 6.45) is 27.5. The van der Waals surface area contributed by atoms with Crippen LogP contribution in [0.5, 0.6) is 0 Å². The number of hydrogen-bond acceptors (Lipinski definition) is 15. The number of carbonyl (C=O) groups excluding carboxylic acids is 4. The van der Waals surface area contributed by atoms with Gasteiger partial charge in [-0.25, -0.2) is 9.13 Å². The molecule has 0 amide bonds. The van der Waals surface area contributed by atoms with E-state index in [-0.39, 0.29) is 25.7 Å². The minimum absolute atomic E-state index is 0.0983. The molecular weight excluding hydrogens is 995 g/mol. The molecular formula is C55H106O17P2. The van der Waals surface area contributed by atoms with Gasteiger partial charge in [0.2, 0.25) is 0 Å². The van der Waals surface area contributed by atoms with Gasteiger partial charge in [0.05, 0.1) is 26.4 Å². The second-order valence-corrected chi connectivity index (χ2v) is 23.8. The maximum Gasteiger partial charge on any atom is 0.472 e. The molecule has 0 aromatic rings. The molecule has 0 bridgehead atoms. The summed E-state index contributed by atoms with van der Waals surface area (Å²) >= 11 is 0. The highest BCUT2D eigenvalue weighted by Crippen LogP contribution is 2.45. The average molecular weight is 1100 g/mol. The molecule has 0 spiro atoms. The summed E-state index contributed by atoms with van der Waals surface area (Å²) in [5, 5.41) is 10.4. The van der Waals surface area contributed by atoms with Crippen LogP contribution in [0.1, 0.15) is 260 Å². The number of aliphatic hydroxyl groups is 1. The molecule has 0 aromatic heterocycles. The maximum atomic E-state index is 12.9. The Morgan fingerprint density at radius 2 is 0.622 bits per heavy atom. The second kappa shape index (κ2) is 48.2. The number of aliphatic hydroxyl groups excluding tert-OH is 1. The fourth-order valence-corrected chi connectivity index (χ4v) is 9.52. The van der Waals surface area contributed by atoms with Gasteiger partial charge in [0.15, 0.2) is 12.2 Å². The molecule has 0 aliphatic heterocycles. The third kappa shape index (κ3) is 49.6. The first-order chi connectivity index (χ1) is 35.4. The van der Waals surface area contributed by atoms with E-state index >= 15 is 0 Å². The van der Waals surface area contributed by atoms with Crippen LogP contribution < -0.4 is 0 Å². The lowest BCUT2D eigenvalue weighted by atomic mass is 10.0. The Hall–Kier alpha value is -1.94. The van der Waals surface area contributed by atoms with E-state index in [0.717, 1.165) is 109 Å². The van der Waals surface area contributed by atoms with Crippen molar-refractivity contribution in [3.05, 3.63) is 0 Å². The lowest BCUT2D eigenvalue weighted by Gasteiger charge is -2.21. The molecule has 2 unspecified atom stereocenters. The summed E-state index contributed by atoms with van der Waals surface area (Å²) < 4.78 is 67.2. The topological polar surface area (TPSA) is 237 Å². The van der Waals surface area contributed by atoms with Crippen molar-refractivity contribution in [3.63, 3.8) is 0 Å². The number of phosphoric acid groups is 2. The van der Waals surface area contributed by atoms with Crippen molar-refractivity contribution >= 4 is 39.5 Å². The Bertz CT molecular complexity index is 1480. The van der Waals surface area contributed by atoms with Crippen molar-refractivity contribution in [2.75, 3.05) is 39.6 Å². The molecule has 0 aliphatic carbocycles. The van der Waals surface area contributed by atoms with Gasteiger partial charge in [-0.3, -0.25) is 37.3 Å². The van der Waals surface area contributed by atoms with Crippen LogP contribution in [0.25, 0.3) is 0 Å². The van der Waals surface area contributed by atoms with E-state index in [0.29, 0.717) is 31.6 Å². The molecule has 0 aromatic carbocycles. The smallest absolute Gasteiger partial charge is 0.462 e. The van der Waals surface area contributed by atoms with Crippen LogP contribution in [0.4, 0.5) is 0 Å². The predicted octanol–water partition coefficient (Wildman–Crippen LogP) is 14.1. The first-order valence-electron chi connectivity index (χ1n) is 29.0. The third-order valence-corrected chi connectivity index (χ3v) is 14.4. The summed E-state index contributed by atoms with van der Waals surface area (Å²) in [7, 11) is -9.85. The number of carbonyl (C=O) groups is 4. The van der Waals surface area contributed by atoms with Gasteiger partial charge in [-0.1, -0.05) is 208 Å². The zero-order chi connectivity index (χ0) is 55.1. The highest BCUT2D eigenvalue weighted by Gasteiger charge is 2.30. The molecule has 19 heteroatoms. The minimum atomic E-state index is -4.93. The normalized spacial score (nSPS) is 14.6. The first-order valence-corrected chi connectivity index (χ1v) is 32.0. The van der Waals surface area contributed by atoms with Crippen LogP contribution in [0.15, 0.2) is 0 Å². The molecule has 0 radical (unpaired) electrons. The van der Waals surface area contributed by atoms with Gasteiger partial charge in [-0.2, -0.15) is 0 Å². The molecule has 17 nitrogen and oxygen atoms in total.